The van der Waals surface area contributed by atoms with Gasteiger partial charge in [-0.3, -0.25) is 0 Å². The van der Waals surface area contributed by atoms with Gasteiger partial charge in [0.2, 0.25) is 0 Å². The van der Waals surface area contributed by atoms with Crippen LogP contribution in [-0.4, -0.2) is 11.7 Å². The van der Waals surface area contributed by atoms with Crippen LogP contribution in [0, 0.1) is 13.8 Å². The molecule has 5 N–H and O–H groups in total. The van der Waals surface area contributed by atoms with Gasteiger partial charge in [0, 0.05) is 5.69 Å². The second-order valence-corrected chi connectivity index (χ2v) is 3.35. The molecule has 0 saturated carbocycles. The highest BCUT2D eigenvalue weighted by atomic mass is 16.3. The van der Waals surface area contributed by atoms with Gasteiger partial charge in [0.25, 0.3) is 0 Å². The molecule has 0 radical (unpaired) electrons. The molecule has 0 heterocycles. The van der Waals surface area contributed by atoms with Crippen molar-refractivity contribution < 1.29 is 5.11 Å². The van der Waals surface area contributed by atoms with Crippen LogP contribution >= 0.6 is 0 Å². The molecule has 1 aromatic rings. The molecule has 0 fully saturated rings. The number of hydrogen-bond acceptors (Lipinski definition) is 3. The Balaban J connectivity index is 3.15. The molecule has 0 aromatic heterocycles. The van der Waals surface area contributed by atoms with Crippen molar-refractivity contribution in [1.29, 1.82) is 0 Å². The average Bonchev–Trinajstić information content (AvgIpc) is 2.10. The summed E-state index contributed by atoms with van der Waals surface area (Å²) in [4.78, 5) is 0. The number of aryl methyl sites for hydroxylation is 2. The maximum Gasteiger partial charge on any atom is 0.0624 e. The molecular weight excluding hydrogens is 164 g/mol. The molecule has 13 heavy (non-hydrogen) atoms. The first-order chi connectivity index (χ1) is 6.06. The summed E-state index contributed by atoms with van der Waals surface area (Å²) in [6, 6.07) is 3.52. The molecule has 0 aliphatic carbocycles. The number of nitrogen functional groups attached to an aromatic ring is 1. The summed E-state index contributed by atoms with van der Waals surface area (Å²) in [5, 5.41) is 8.92. The third-order valence-electron chi connectivity index (χ3n) is 2.25. The first kappa shape index (κ1) is 10.0. The summed E-state index contributed by atoms with van der Waals surface area (Å²) in [7, 11) is 0. The van der Waals surface area contributed by atoms with E-state index in [2.05, 4.69) is 0 Å². The Morgan fingerprint density at radius 3 is 2.46 bits per heavy atom. The van der Waals surface area contributed by atoms with Crippen LogP contribution in [-0.2, 0) is 0 Å². The second kappa shape index (κ2) is 3.77. The van der Waals surface area contributed by atoms with Crippen molar-refractivity contribution in [1.82, 2.24) is 0 Å². The molecule has 0 aliphatic rings. The molecule has 3 nitrogen and oxygen atoms in total. The quantitative estimate of drug-likeness (QED) is 0.591. The van der Waals surface area contributed by atoms with Gasteiger partial charge in [0.05, 0.1) is 12.6 Å². The first-order valence-corrected chi connectivity index (χ1v) is 4.29. The minimum absolute atomic E-state index is 0.0375. The highest BCUT2D eigenvalue weighted by molar-refractivity contribution is 5.51. The Morgan fingerprint density at radius 2 is 1.92 bits per heavy atom. The lowest BCUT2D eigenvalue weighted by Gasteiger charge is -2.14. The molecule has 3 heteroatoms. The Kier molecular flexibility index (Phi) is 2.90. The van der Waals surface area contributed by atoms with Crippen LogP contribution in [0.15, 0.2) is 12.1 Å². The van der Waals surface area contributed by atoms with Gasteiger partial charge in [0.15, 0.2) is 0 Å². The van der Waals surface area contributed by atoms with E-state index in [-0.39, 0.29) is 12.6 Å². The van der Waals surface area contributed by atoms with E-state index in [1.165, 1.54) is 0 Å². The zero-order valence-electron chi connectivity index (χ0n) is 8.04. The number of aliphatic hydroxyl groups is 1. The van der Waals surface area contributed by atoms with E-state index in [0.29, 0.717) is 0 Å². The molecule has 1 atom stereocenters. The number of benzene rings is 1. The molecule has 1 aromatic carbocycles. The van der Waals surface area contributed by atoms with Gasteiger partial charge in [-0.25, -0.2) is 0 Å². The maximum atomic E-state index is 8.92. The smallest absolute Gasteiger partial charge is 0.0624 e. The molecule has 0 saturated heterocycles. The zero-order valence-corrected chi connectivity index (χ0v) is 8.04. The van der Waals surface area contributed by atoms with Gasteiger partial charge in [-0.2, -0.15) is 0 Å². The van der Waals surface area contributed by atoms with E-state index >= 15 is 0 Å². The molecule has 1 rings (SSSR count). The van der Waals surface area contributed by atoms with E-state index in [1.807, 2.05) is 26.0 Å². The molecule has 0 bridgehead atoms. The highest BCUT2D eigenvalue weighted by Crippen LogP contribution is 2.21. The molecular formula is C10H16N2O. The number of hydrogen-bond donors (Lipinski definition) is 3. The summed E-state index contributed by atoms with van der Waals surface area (Å²) >= 11 is 0. The minimum Gasteiger partial charge on any atom is -0.399 e. The summed E-state index contributed by atoms with van der Waals surface area (Å²) in [6.45, 7) is 3.84. The fourth-order valence-electron chi connectivity index (χ4n) is 1.36. The van der Waals surface area contributed by atoms with E-state index < -0.39 is 0 Å². The van der Waals surface area contributed by atoms with Crippen molar-refractivity contribution in [3.63, 3.8) is 0 Å². The van der Waals surface area contributed by atoms with Gasteiger partial charge >= 0.3 is 0 Å². The average molecular weight is 180 g/mol. The van der Waals surface area contributed by atoms with Crippen LogP contribution in [0.1, 0.15) is 22.7 Å². The van der Waals surface area contributed by atoms with Crippen LogP contribution in [0.4, 0.5) is 5.69 Å². The van der Waals surface area contributed by atoms with Crippen molar-refractivity contribution >= 4 is 5.69 Å². The van der Waals surface area contributed by atoms with Crippen molar-refractivity contribution in [2.24, 2.45) is 5.73 Å². The predicted molar refractivity (Wildman–Crippen MR) is 54.3 cm³/mol. The van der Waals surface area contributed by atoms with Gasteiger partial charge in [-0.05, 0) is 36.6 Å². The van der Waals surface area contributed by atoms with Gasteiger partial charge in [0.1, 0.15) is 0 Å². The number of rotatable bonds is 2. The third-order valence-corrected chi connectivity index (χ3v) is 2.25. The Morgan fingerprint density at radius 1 is 1.31 bits per heavy atom. The van der Waals surface area contributed by atoms with Crippen LogP contribution in [0.5, 0.6) is 0 Å². The number of nitrogens with two attached hydrogens (primary N) is 2. The Labute approximate surface area is 78.4 Å². The van der Waals surface area contributed by atoms with E-state index in [4.69, 9.17) is 16.6 Å². The highest BCUT2D eigenvalue weighted by Gasteiger charge is 2.08. The van der Waals surface area contributed by atoms with Crippen LogP contribution in [0.2, 0.25) is 0 Å². The van der Waals surface area contributed by atoms with Crippen LogP contribution in [0.25, 0.3) is 0 Å². The fraction of sp³-hybridized carbons (Fsp3) is 0.400. The maximum absolute atomic E-state index is 8.92. The summed E-state index contributed by atoms with van der Waals surface area (Å²) in [6.07, 6.45) is 0. The molecule has 72 valence electrons. The SMILES string of the molecule is Cc1cc(C(N)CO)c(C)cc1N. The largest absolute Gasteiger partial charge is 0.399 e. The Hall–Kier alpha value is -1.06. The van der Waals surface area contributed by atoms with Gasteiger partial charge < -0.3 is 16.6 Å². The Bertz CT molecular complexity index is 310. The minimum atomic E-state index is -0.306. The zero-order chi connectivity index (χ0) is 10.0. The molecule has 0 amide bonds. The third kappa shape index (κ3) is 1.99. The van der Waals surface area contributed by atoms with Crippen LogP contribution in [0.3, 0.4) is 0 Å². The van der Waals surface area contributed by atoms with E-state index in [9.17, 15) is 0 Å². The molecule has 1 unspecified atom stereocenters. The van der Waals surface area contributed by atoms with Gasteiger partial charge in [-0.15, -0.1) is 0 Å². The lowest BCUT2D eigenvalue weighted by atomic mass is 9.99. The normalized spacial score (nSPS) is 12.9. The van der Waals surface area contributed by atoms with Crippen molar-refractivity contribution in [2.45, 2.75) is 19.9 Å². The van der Waals surface area contributed by atoms with Crippen molar-refractivity contribution in [3.05, 3.63) is 28.8 Å². The lowest BCUT2D eigenvalue weighted by molar-refractivity contribution is 0.267. The number of anilines is 1. The summed E-state index contributed by atoms with van der Waals surface area (Å²) in [5.41, 5.74) is 15.2. The first-order valence-electron chi connectivity index (χ1n) is 4.29. The van der Waals surface area contributed by atoms with Crippen LogP contribution < -0.4 is 11.5 Å². The van der Waals surface area contributed by atoms with Crippen molar-refractivity contribution in [2.75, 3.05) is 12.3 Å². The fourth-order valence-corrected chi connectivity index (χ4v) is 1.36. The second-order valence-electron chi connectivity index (χ2n) is 3.35. The topological polar surface area (TPSA) is 72.3 Å². The molecule has 0 spiro atoms. The standard InChI is InChI=1S/C10H16N2O/c1-6-4-9(11)7(2)3-8(6)10(12)5-13/h3-4,10,13H,5,11-12H2,1-2H3. The lowest BCUT2D eigenvalue weighted by Crippen LogP contribution is -2.16. The number of aliphatic hydroxyl groups excluding tert-OH is 1. The van der Waals surface area contributed by atoms with Crippen molar-refractivity contribution in [3.8, 4) is 0 Å². The molecule has 0 aliphatic heterocycles. The monoisotopic (exact) mass is 180 g/mol. The van der Waals surface area contributed by atoms with E-state index in [0.717, 1.165) is 22.4 Å². The summed E-state index contributed by atoms with van der Waals surface area (Å²) in [5.74, 6) is 0. The van der Waals surface area contributed by atoms with E-state index in [1.54, 1.807) is 0 Å². The van der Waals surface area contributed by atoms with Gasteiger partial charge in [-0.1, -0.05) is 6.07 Å². The predicted octanol–water partition coefficient (Wildman–Crippen LogP) is 0.878. The summed E-state index contributed by atoms with van der Waals surface area (Å²) < 4.78 is 0.